The molecule has 0 saturated heterocycles. The molecule has 4 nitrogen and oxygen atoms in total. The van der Waals surface area contributed by atoms with E-state index in [1.165, 1.54) is 12.8 Å². The van der Waals surface area contributed by atoms with Crippen LogP contribution in [-0.4, -0.2) is 11.8 Å². The van der Waals surface area contributed by atoms with E-state index < -0.39 is 6.09 Å². The van der Waals surface area contributed by atoms with E-state index in [2.05, 4.69) is 10.5 Å². The lowest BCUT2D eigenvalue weighted by atomic mass is 10.3. The highest BCUT2D eigenvalue weighted by Gasteiger charge is 2.24. The van der Waals surface area contributed by atoms with Gasteiger partial charge in [-0.1, -0.05) is 18.2 Å². The van der Waals surface area contributed by atoms with Crippen LogP contribution in [0.4, 0.5) is 4.79 Å². The van der Waals surface area contributed by atoms with Crippen molar-refractivity contribution in [1.29, 1.82) is 0 Å². The SMILES string of the molecule is C/C(=N/NC(=O)Oc1ccccc1)C1CC1. The summed E-state index contributed by atoms with van der Waals surface area (Å²) < 4.78 is 5.01. The van der Waals surface area contributed by atoms with E-state index in [1.807, 2.05) is 13.0 Å². The summed E-state index contributed by atoms with van der Waals surface area (Å²) in [6, 6.07) is 8.91. The second-order valence-corrected chi connectivity index (χ2v) is 3.84. The average Bonchev–Trinajstić information content (AvgIpc) is 3.11. The minimum atomic E-state index is -0.550. The van der Waals surface area contributed by atoms with E-state index >= 15 is 0 Å². The molecule has 1 N–H and O–H groups in total. The van der Waals surface area contributed by atoms with E-state index in [0.29, 0.717) is 11.7 Å². The maximum absolute atomic E-state index is 11.3. The van der Waals surface area contributed by atoms with Crippen LogP contribution in [0.25, 0.3) is 0 Å². The number of ether oxygens (including phenoxy) is 1. The third-order valence-corrected chi connectivity index (χ3v) is 2.45. The quantitative estimate of drug-likeness (QED) is 0.626. The van der Waals surface area contributed by atoms with Crippen LogP contribution in [0.1, 0.15) is 19.8 Å². The molecule has 1 saturated carbocycles. The number of hydrogen-bond acceptors (Lipinski definition) is 3. The van der Waals surface area contributed by atoms with Gasteiger partial charge in [0.25, 0.3) is 0 Å². The molecule has 0 atom stereocenters. The zero-order valence-corrected chi connectivity index (χ0v) is 9.14. The molecule has 1 aliphatic carbocycles. The minimum absolute atomic E-state index is 0.513. The normalized spacial score (nSPS) is 15.7. The van der Waals surface area contributed by atoms with Crippen molar-refractivity contribution in [2.45, 2.75) is 19.8 Å². The number of hydrazone groups is 1. The van der Waals surface area contributed by atoms with Crippen molar-refractivity contribution in [3.8, 4) is 5.75 Å². The standard InChI is InChI=1S/C12H14N2O2/c1-9(10-7-8-10)13-14-12(15)16-11-5-3-2-4-6-11/h2-6,10H,7-8H2,1H3,(H,14,15)/b13-9-. The smallest absolute Gasteiger partial charge is 0.409 e. The maximum Gasteiger partial charge on any atom is 0.433 e. The van der Waals surface area contributed by atoms with Crippen molar-refractivity contribution >= 4 is 11.8 Å². The van der Waals surface area contributed by atoms with Crippen LogP contribution in [0.5, 0.6) is 5.75 Å². The van der Waals surface area contributed by atoms with Crippen LogP contribution < -0.4 is 10.2 Å². The molecule has 2 rings (SSSR count). The van der Waals surface area contributed by atoms with Crippen molar-refractivity contribution in [2.75, 3.05) is 0 Å². The van der Waals surface area contributed by atoms with Crippen LogP contribution in [0.3, 0.4) is 0 Å². The van der Waals surface area contributed by atoms with Gasteiger partial charge < -0.3 is 4.74 Å². The first-order valence-corrected chi connectivity index (χ1v) is 5.33. The van der Waals surface area contributed by atoms with Gasteiger partial charge in [0.2, 0.25) is 0 Å². The molecule has 1 aromatic carbocycles. The van der Waals surface area contributed by atoms with Crippen molar-refractivity contribution in [3.63, 3.8) is 0 Å². The predicted octanol–water partition coefficient (Wildman–Crippen LogP) is 2.56. The molecule has 1 amide bonds. The molecular weight excluding hydrogens is 204 g/mol. The van der Waals surface area contributed by atoms with E-state index in [4.69, 9.17) is 4.74 Å². The molecule has 4 heteroatoms. The Hall–Kier alpha value is -1.84. The average molecular weight is 218 g/mol. The van der Waals surface area contributed by atoms with E-state index in [-0.39, 0.29) is 0 Å². The molecule has 0 aliphatic heterocycles. The van der Waals surface area contributed by atoms with E-state index in [9.17, 15) is 4.79 Å². The van der Waals surface area contributed by atoms with Gasteiger partial charge in [-0.15, -0.1) is 0 Å². The summed E-state index contributed by atoms with van der Waals surface area (Å²) in [4.78, 5) is 11.3. The number of benzene rings is 1. The zero-order chi connectivity index (χ0) is 11.4. The number of carbonyl (C=O) groups is 1. The third kappa shape index (κ3) is 3.08. The number of amides is 1. The van der Waals surface area contributed by atoms with E-state index in [1.54, 1.807) is 24.3 Å². The molecule has 0 unspecified atom stereocenters. The Morgan fingerprint density at radius 1 is 1.38 bits per heavy atom. The largest absolute Gasteiger partial charge is 0.433 e. The zero-order valence-electron chi connectivity index (χ0n) is 9.14. The first-order chi connectivity index (χ1) is 7.75. The number of nitrogens with one attached hydrogen (secondary N) is 1. The Labute approximate surface area is 94.3 Å². The van der Waals surface area contributed by atoms with Crippen molar-refractivity contribution < 1.29 is 9.53 Å². The Bertz CT molecular complexity index is 397. The van der Waals surface area contributed by atoms with Crippen LogP contribution in [0.15, 0.2) is 35.4 Å². The Balaban J connectivity index is 1.82. The Morgan fingerprint density at radius 3 is 2.69 bits per heavy atom. The molecule has 1 aromatic rings. The topological polar surface area (TPSA) is 50.7 Å². The van der Waals surface area contributed by atoms with Crippen LogP contribution in [0.2, 0.25) is 0 Å². The van der Waals surface area contributed by atoms with Crippen LogP contribution >= 0.6 is 0 Å². The molecule has 84 valence electrons. The number of hydrogen-bond donors (Lipinski definition) is 1. The number of nitrogens with zero attached hydrogens (tertiary/aromatic N) is 1. The van der Waals surface area contributed by atoms with Crippen molar-refractivity contribution in [3.05, 3.63) is 30.3 Å². The fourth-order valence-electron chi connectivity index (χ4n) is 1.34. The molecule has 0 spiro atoms. The molecule has 0 aromatic heterocycles. The summed E-state index contributed by atoms with van der Waals surface area (Å²) in [7, 11) is 0. The van der Waals surface area contributed by atoms with Gasteiger partial charge in [-0.25, -0.2) is 10.2 Å². The molecule has 0 radical (unpaired) electrons. The third-order valence-electron chi connectivity index (χ3n) is 2.45. The maximum atomic E-state index is 11.3. The number of para-hydroxylation sites is 1. The lowest BCUT2D eigenvalue weighted by molar-refractivity contribution is 0.201. The fourth-order valence-corrected chi connectivity index (χ4v) is 1.34. The van der Waals surface area contributed by atoms with Gasteiger partial charge in [0.15, 0.2) is 0 Å². The Kier molecular flexibility index (Phi) is 3.19. The number of carbonyl (C=O) groups excluding carboxylic acids is 1. The summed E-state index contributed by atoms with van der Waals surface area (Å²) in [5.41, 5.74) is 3.34. The van der Waals surface area contributed by atoms with Crippen LogP contribution in [0, 0.1) is 5.92 Å². The summed E-state index contributed by atoms with van der Waals surface area (Å²) in [5, 5.41) is 3.97. The van der Waals surface area contributed by atoms with Gasteiger partial charge >= 0.3 is 6.09 Å². The summed E-state index contributed by atoms with van der Waals surface area (Å²) >= 11 is 0. The number of rotatable bonds is 3. The Morgan fingerprint density at radius 2 is 2.06 bits per heavy atom. The second-order valence-electron chi connectivity index (χ2n) is 3.84. The highest BCUT2D eigenvalue weighted by Crippen LogP contribution is 2.30. The molecule has 1 aliphatic rings. The summed E-state index contributed by atoms with van der Waals surface area (Å²) in [5.74, 6) is 1.07. The molecule has 16 heavy (non-hydrogen) atoms. The summed E-state index contributed by atoms with van der Waals surface area (Å²) in [6.07, 6.45) is 1.79. The monoisotopic (exact) mass is 218 g/mol. The fraction of sp³-hybridized carbons (Fsp3) is 0.333. The van der Waals surface area contributed by atoms with Gasteiger partial charge in [0.05, 0.1) is 0 Å². The van der Waals surface area contributed by atoms with Gasteiger partial charge in [0, 0.05) is 5.71 Å². The predicted molar refractivity (Wildman–Crippen MR) is 61.4 cm³/mol. The lowest BCUT2D eigenvalue weighted by Gasteiger charge is -2.03. The lowest BCUT2D eigenvalue weighted by Crippen LogP contribution is -2.23. The van der Waals surface area contributed by atoms with Gasteiger partial charge in [-0.2, -0.15) is 5.10 Å². The van der Waals surface area contributed by atoms with Gasteiger partial charge in [-0.3, -0.25) is 0 Å². The minimum Gasteiger partial charge on any atom is -0.409 e. The summed E-state index contributed by atoms with van der Waals surface area (Å²) in [6.45, 7) is 1.92. The molecule has 1 fully saturated rings. The first-order valence-electron chi connectivity index (χ1n) is 5.33. The highest BCUT2D eigenvalue weighted by molar-refractivity contribution is 5.87. The molecular formula is C12H14N2O2. The van der Waals surface area contributed by atoms with Crippen LogP contribution in [-0.2, 0) is 0 Å². The van der Waals surface area contributed by atoms with Gasteiger partial charge in [0.1, 0.15) is 5.75 Å². The van der Waals surface area contributed by atoms with Gasteiger partial charge in [-0.05, 0) is 37.8 Å². The first kappa shape index (κ1) is 10.7. The molecule has 0 bridgehead atoms. The highest BCUT2D eigenvalue weighted by atomic mass is 16.6. The van der Waals surface area contributed by atoms with E-state index in [0.717, 1.165) is 5.71 Å². The molecule has 0 heterocycles. The van der Waals surface area contributed by atoms with Crippen molar-refractivity contribution in [1.82, 2.24) is 5.43 Å². The van der Waals surface area contributed by atoms with Crippen molar-refractivity contribution in [2.24, 2.45) is 11.0 Å². The second kappa shape index (κ2) is 4.79.